The van der Waals surface area contributed by atoms with Gasteiger partial charge in [0, 0.05) is 31.9 Å². The molecular weight excluding hydrogens is 308 g/mol. The van der Waals surface area contributed by atoms with Gasteiger partial charge in [-0.1, -0.05) is 0 Å². The van der Waals surface area contributed by atoms with Crippen LogP contribution in [0.3, 0.4) is 0 Å². The number of hydrogen-bond donors (Lipinski definition) is 0. The van der Waals surface area contributed by atoms with Crippen molar-refractivity contribution in [1.82, 2.24) is 19.4 Å². The Morgan fingerprint density at radius 1 is 1.21 bits per heavy atom. The van der Waals surface area contributed by atoms with E-state index in [9.17, 15) is 9.59 Å². The van der Waals surface area contributed by atoms with E-state index in [0.717, 1.165) is 30.8 Å². The molecule has 24 heavy (non-hydrogen) atoms. The Labute approximate surface area is 142 Å². The molecule has 3 rings (SSSR count). The Hall–Kier alpha value is -1.89. The molecule has 0 spiro atoms. The molecule has 2 amide bonds. The third kappa shape index (κ3) is 3.61. The summed E-state index contributed by atoms with van der Waals surface area (Å²) in [5, 5.41) is 0. The Bertz CT molecular complexity index is 607. The summed E-state index contributed by atoms with van der Waals surface area (Å²) in [5.74, 6) is 0.159. The summed E-state index contributed by atoms with van der Waals surface area (Å²) < 4.78 is 7.19. The fraction of sp³-hybridized carbons (Fsp3) is 0.706. The minimum absolute atomic E-state index is 0.0648. The van der Waals surface area contributed by atoms with Crippen molar-refractivity contribution in [2.75, 3.05) is 39.4 Å². The molecule has 1 aromatic rings. The largest absolute Gasteiger partial charge is 0.378 e. The first-order valence-electron chi connectivity index (χ1n) is 8.69. The molecular formula is C17H26N4O3. The number of imidazole rings is 1. The molecule has 7 nitrogen and oxygen atoms in total. The molecule has 132 valence electrons. The van der Waals surface area contributed by atoms with E-state index in [1.165, 1.54) is 0 Å². The van der Waals surface area contributed by atoms with Gasteiger partial charge < -0.3 is 19.1 Å². The van der Waals surface area contributed by atoms with E-state index in [1.54, 1.807) is 6.33 Å². The second-order valence-corrected chi connectivity index (χ2v) is 6.66. The summed E-state index contributed by atoms with van der Waals surface area (Å²) >= 11 is 0. The summed E-state index contributed by atoms with van der Waals surface area (Å²) in [7, 11) is 0. The Balaban J connectivity index is 1.59. The van der Waals surface area contributed by atoms with E-state index in [-0.39, 0.29) is 17.7 Å². The second-order valence-electron chi connectivity index (χ2n) is 6.66. The smallest absolute Gasteiger partial charge is 0.242 e. The van der Waals surface area contributed by atoms with Crippen molar-refractivity contribution in [3.05, 3.63) is 17.7 Å². The Kier molecular flexibility index (Phi) is 5.18. The molecule has 0 aliphatic carbocycles. The number of aromatic nitrogens is 2. The number of hydrogen-bond acceptors (Lipinski definition) is 4. The van der Waals surface area contributed by atoms with Crippen LogP contribution in [0.5, 0.6) is 0 Å². The summed E-state index contributed by atoms with van der Waals surface area (Å²) in [4.78, 5) is 33.2. The van der Waals surface area contributed by atoms with Crippen molar-refractivity contribution in [1.29, 1.82) is 0 Å². The summed E-state index contributed by atoms with van der Waals surface area (Å²) in [6, 6.07) is 0. The van der Waals surface area contributed by atoms with Crippen LogP contribution in [0.1, 0.15) is 24.2 Å². The van der Waals surface area contributed by atoms with Gasteiger partial charge in [0.05, 0.1) is 31.2 Å². The maximum atomic E-state index is 12.7. The van der Waals surface area contributed by atoms with Gasteiger partial charge in [-0.15, -0.1) is 0 Å². The van der Waals surface area contributed by atoms with E-state index in [4.69, 9.17) is 4.74 Å². The molecule has 1 aromatic heterocycles. The molecule has 0 saturated carbocycles. The highest BCUT2D eigenvalue weighted by Crippen LogP contribution is 2.20. The summed E-state index contributed by atoms with van der Waals surface area (Å²) in [5.41, 5.74) is 1.96. The van der Waals surface area contributed by atoms with Crippen molar-refractivity contribution in [2.24, 2.45) is 5.92 Å². The Morgan fingerprint density at radius 2 is 1.96 bits per heavy atom. The number of likely N-dealkylation sites (tertiary alicyclic amines) is 1. The van der Waals surface area contributed by atoms with Gasteiger partial charge in [0.15, 0.2) is 0 Å². The number of rotatable bonds is 3. The highest BCUT2D eigenvalue weighted by molar-refractivity contribution is 5.81. The van der Waals surface area contributed by atoms with Crippen molar-refractivity contribution in [3.8, 4) is 0 Å². The van der Waals surface area contributed by atoms with Gasteiger partial charge in [-0.25, -0.2) is 4.98 Å². The number of morpholine rings is 1. The molecule has 7 heteroatoms. The van der Waals surface area contributed by atoms with Crippen LogP contribution in [0.25, 0.3) is 0 Å². The molecule has 0 unspecified atom stereocenters. The third-order valence-electron chi connectivity index (χ3n) is 5.10. The first kappa shape index (κ1) is 17.0. The van der Waals surface area contributed by atoms with Crippen LogP contribution in [-0.4, -0.2) is 70.6 Å². The molecule has 2 fully saturated rings. The number of aryl methyl sites for hydroxylation is 1. The predicted octanol–water partition coefficient (Wildman–Crippen LogP) is 0.597. The zero-order valence-electron chi connectivity index (χ0n) is 14.5. The van der Waals surface area contributed by atoms with Crippen molar-refractivity contribution in [2.45, 2.75) is 33.2 Å². The third-order valence-corrected chi connectivity index (χ3v) is 5.10. The van der Waals surface area contributed by atoms with E-state index < -0.39 is 0 Å². The lowest BCUT2D eigenvalue weighted by atomic mass is 9.96. The summed E-state index contributed by atoms with van der Waals surface area (Å²) in [6.45, 7) is 8.02. The molecule has 2 aliphatic rings. The average Bonchev–Trinajstić information content (AvgIpc) is 2.94. The highest BCUT2D eigenvalue weighted by atomic mass is 16.5. The number of nitrogens with zero attached hydrogens (tertiary/aromatic N) is 4. The summed E-state index contributed by atoms with van der Waals surface area (Å²) in [6.07, 6.45) is 3.46. The van der Waals surface area contributed by atoms with Gasteiger partial charge in [0.25, 0.3) is 0 Å². The van der Waals surface area contributed by atoms with Gasteiger partial charge in [-0.2, -0.15) is 0 Å². The normalized spacial score (nSPS) is 21.8. The van der Waals surface area contributed by atoms with Crippen molar-refractivity contribution in [3.63, 3.8) is 0 Å². The van der Waals surface area contributed by atoms with Gasteiger partial charge in [-0.3, -0.25) is 9.59 Å². The van der Waals surface area contributed by atoms with Crippen molar-refractivity contribution >= 4 is 11.8 Å². The molecule has 0 radical (unpaired) electrons. The van der Waals surface area contributed by atoms with Crippen LogP contribution >= 0.6 is 0 Å². The molecule has 0 aromatic carbocycles. The molecule has 0 bridgehead atoms. The molecule has 1 atom stereocenters. The van der Waals surface area contributed by atoms with Gasteiger partial charge in [0.2, 0.25) is 11.8 Å². The Morgan fingerprint density at radius 3 is 2.62 bits per heavy atom. The van der Waals surface area contributed by atoms with Gasteiger partial charge in [-0.05, 0) is 26.7 Å². The van der Waals surface area contributed by atoms with E-state index in [1.807, 2.05) is 28.2 Å². The number of carbonyl (C=O) groups is 2. The maximum Gasteiger partial charge on any atom is 0.242 e. The number of amides is 2. The average molecular weight is 334 g/mol. The van der Waals surface area contributed by atoms with Crippen molar-refractivity contribution < 1.29 is 14.3 Å². The zero-order chi connectivity index (χ0) is 17.1. The van der Waals surface area contributed by atoms with E-state index >= 15 is 0 Å². The van der Waals surface area contributed by atoms with Crippen LogP contribution in [-0.2, 0) is 20.9 Å². The lowest BCUT2D eigenvalue weighted by Crippen LogP contribution is -2.50. The molecule has 2 saturated heterocycles. The first-order valence-corrected chi connectivity index (χ1v) is 8.69. The molecule has 0 N–H and O–H groups in total. The predicted molar refractivity (Wildman–Crippen MR) is 88.4 cm³/mol. The van der Waals surface area contributed by atoms with Crippen LogP contribution in [0.2, 0.25) is 0 Å². The zero-order valence-corrected chi connectivity index (χ0v) is 14.5. The lowest BCUT2D eigenvalue weighted by molar-refractivity contribution is -0.144. The standard InChI is InChI=1S/C17H26N4O3/c1-13-14(2)21(12-18-13)11-16(22)20-5-3-4-15(10-20)17(23)19-6-8-24-9-7-19/h12,15H,3-11H2,1-2H3/t15-/m0/s1. The highest BCUT2D eigenvalue weighted by Gasteiger charge is 2.31. The van der Waals surface area contributed by atoms with Crippen LogP contribution in [0.4, 0.5) is 0 Å². The number of carbonyl (C=O) groups excluding carboxylic acids is 2. The van der Waals surface area contributed by atoms with Gasteiger partial charge in [0.1, 0.15) is 6.54 Å². The minimum Gasteiger partial charge on any atom is -0.378 e. The molecule has 2 aliphatic heterocycles. The number of ether oxygens (including phenoxy) is 1. The monoisotopic (exact) mass is 334 g/mol. The topological polar surface area (TPSA) is 67.7 Å². The van der Waals surface area contributed by atoms with Crippen LogP contribution in [0.15, 0.2) is 6.33 Å². The van der Waals surface area contributed by atoms with E-state index in [0.29, 0.717) is 39.4 Å². The maximum absolute atomic E-state index is 12.7. The first-order chi connectivity index (χ1) is 11.6. The minimum atomic E-state index is -0.0774. The lowest BCUT2D eigenvalue weighted by Gasteiger charge is -2.36. The SMILES string of the molecule is Cc1ncn(CC(=O)N2CCC[C@H](C(=O)N3CCOCC3)C2)c1C. The quantitative estimate of drug-likeness (QED) is 0.812. The van der Waals surface area contributed by atoms with Crippen LogP contribution in [0, 0.1) is 19.8 Å². The van der Waals surface area contributed by atoms with Gasteiger partial charge >= 0.3 is 0 Å². The fourth-order valence-corrected chi connectivity index (χ4v) is 3.40. The number of piperidine rings is 1. The van der Waals surface area contributed by atoms with E-state index in [2.05, 4.69) is 4.98 Å². The fourth-order valence-electron chi connectivity index (χ4n) is 3.40. The van der Waals surface area contributed by atoms with Crippen LogP contribution < -0.4 is 0 Å². The molecule has 3 heterocycles. The second kappa shape index (κ2) is 7.34.